The molecule has 0 aromatic carbocycles. The number of aromatic nitrogens is 3. The first-order valence-corrected chi connectivity index (χ1v) is 7.86. The van der Waals surface area contributed by atoms with Gasteiger partial charge in [0.25, 0.3) is 0 Å². The smallest absolute Gasteiger partial charge is 0.407 e. The molecule has 0 aliphatic heterocycles. The van der Waals surface area contributed by atoms with Gasteiger partial charge in [-0.15, -0.1) is 5.10 Å². The summed E-state index contributed by atoms with van der Waals surface area (Å²) in [5, 5.41) is 11.8. The number of carbonyl (C=O) groups excluding carboxylic acids is 1. The Morgan fingerprint density at radius 1 is 1.35 bits per heavy atom. The van der Waals surface area contributed by atoms with Crippen LogP contribution >= 0.6 is 11.8 Å². The summed E-state index contributed by atoms with van der Waals surface area (Å²) in [6, 6.07) is 0.0451. The van der Waals surface area contributed by atoms with Crippen molar-refractivity contribution in [2.24, 2.45) is 0 Å². The van der Waals surface area contributed by atoms with Crippen LogP contribution in [0.2, 0.25) is 0 Å². The molecule has 1 aromatic heterocycles. The number of aryl methyl sites for hydroxylation is 1. The summed E-state index contributed by atoms with van der Waals surface area (Å²) in [4.78, 5) is 16.2. The molecule has 0 radical (unpaired) electrons. The van der Waals surface area contributed by atoms with E-state index in [4.69, 9.17) is 4.74 Å². The van der Waals surface area contributed by atoms with E-state index in [0.29, 0.717) is 11.6 Å². The van der Waals surface area contributed by atoms with E-state index in [1.54, 1.807) is 0 Å². The first-order valence-electron chi connectivity index (χ1n) is 6.63. The van der Waals surface area contributed by atoms with E-state index in [-0.39, 0.29) is 12.1 Å². The number of alkyl carbamates (subject to hydrolysis) is 1. The lowest BCUT2D eigenvalue weighted by molar-refractivity contribution is 0.0499. The summed E-state index contributed by atoms with van der Waals surface area (Å²) in [6.45, 7) is 5.56. The number of amides is 1. The van der Waals surface area contributed by atoms with E-state index in [1.807, 2.05) is 27.0 Å². The number of thioether (sulfide) groups is 1. The predicted octanol–water partition coefficient (Wildman–Crippen LogP) is 1.98. The van der Waals surface area contributed by atoms with Crippen molar-refractivity contribution in [2.75, 3.05) is 6.26 Å². The van der Waals surface area contributed by atoms with Crippen molar-refractivity contribution < 1.29 is 9.53 Å². The molecule has 1 heterocycles. The van der Waals surface area contributed by atoms with Gasteiger partial charge in [-0.3, -0.25) is 0 Å². The summed E-state index contributed by atoms with van der Waals surface area (Å²) >= 11 is 1.47. The fourth-order valence-corrected chi connectivity index (χ4v) is 2.38. The Labute approximate surface area is 123 Å². The Hall–Kier alpha value is -1.37. The minimum Gasteiger partial charge on any atom is -0.444 e. The number of ether oxygens (including phenoxy) is 1. The second-order valence-electron chi connectivity index (χ2n) is 5.78. The van der Waals surface area contributed by atoms with Gasteiger partial charge in [0.1, 0.15) is 5.60 Å². The number of nitrogens with one attached hydrogen (secondary N) is 1. The molecule has 1 aliphatic carbocycles. The van der Waals surface area contributed by atoms with Gasteiger partial charge in [0.05, 0.1) is 11.4 Å². The predicted molar refractivity (Wildman–Crippen MR) is 76.8 cm³/mol. The molecule has 1 unspecified atom stereocenters. The third-order valence-corrected chi connectivity index (χ3v) is 3.43. The van der Waals surface area contributed by atoms with Crippen molar-refractivity contribution in [1.82, 2.24) is 20.5 Å². The van der Waals surface area contributed by atoms with Crippen molar-refractivity contribution in [3.63, 3.8) is 0 Å². The van der Waals surface area contributed by atoms with Gasteiger partial charge in [-0.1, -0.05) is 11.8 Å². The van der Waals surface area contributed by atoms with Crippen molar-refractivity contribution in [2.45, 2.75) is 56.8 Å². The Morgan fingerprint density at radius 2 is 2.10 bits per heavy atom. The van der Waals surface area contributed by atoms with E-state index in [0.717, 1.165) is 24.2 Å². The van der Waals surface area contributed by atoms with Gasteiger partial charge >= 0.3 is 6.09 Å². The molecular weight excluding hydrogens is 276 g/mol. The highest BCUT2D eigenvalue weighted by molar-refractivity contribution is 7.98. The Bertz CT molecular complexity index is 502. The second-order valence-corrected chi connectivity index (χ2v) is 6.55. The van der Waals surface area contributed by atoms with E-state index >= 15 is 0 Å². The van der Waals surface area contributed by atoms with E-state index in [2.05, 4.69) is 20.5 Å². The van der Waals surface area contributed by atoms with Crippen LogP contribution < -0.4 is 5.32 Å². The second kappa shape index (κ2) is 5.95. The Morgan fingerprint density at radius 3 is 2.75 bits per heavy atom. The summed E-state index contributed by atoms with van der Waals surface area (Å²) in [6.07, 6.45) is 3.84. The van der Waals surface area contributed by atoms with Gasteiger partial charge in [-0.2, -0.15) is 5.10 Å². The molecule has 20 heavy (non-hydrogen) atoms. The summed E-state index contributed by atoms with van der Waals surface area (Å²) in [5.74, 6) is 0. The maximum Gasteiger partial charge on any atom is 0.407 e. The molecule has 1 atom stereocenters. The molecule has 1 aromatic rings. The highest BCUT2D eigenvalue weighted by Crippen LogP contribution is 2.20. The third-order valence-electron chi connectivity index (χ3n) is 2.89. The quantitative estimate of drug-likeness (QED) is 0.841. The average Bonchev–Trinajstić information content (AvgIpc) is 2.35. The maximum absolute atomic E-state index is 11.8. The van der Waals surface area contributed by atoms with Gasteiger partial charge in [-0.25, -0.2) is 9.78 Å². The topological polar surface area (TPSA) is 77.0 Å². The Kier molecular flexibility index (Phi) is 4.47. The number of carbonyl (C=O) groups is 1. The molecule has 0 fully saturated rings. The summed E-state index contributed by atoms with van der Waals surface area (Å²) in [5.41, 5.74) is 1.38. The molecule has 2 rings (SSSR count). The van der Waals surface area contributed by atoms with Gasteiger partial charge in [0.15, 0.2) is 0 Å². The van der Waals surface area contributed by atoms with Crippen molar-refractivity contribution >= 4 is 17.9 Å². The van der Waals surface area contributed by atoms with Crippen LogP contribution in [-0.2, 0) is 17.6 Å². The lowest BCUT2D eigenvalue weighted by Gasteiger charge is -2.26. The number of nitrogens with zero attached hydrogens (tertiary/aromatic N) is 3. The molecule has 1 amide bonds. The minimum absolute atomic E-state index is 0.0451. The van der Waals surface area contributed by atoms with Crippen LogP contribution in [0.15, 0.2) is 5.16 Å². The number of hydrogen-bond acceptors (Lipinski definition) is 6. The fourth-order valence-electron chi connectivity index (χ4n) is 2.05. The zero-order chi connectivity index (χ0) is 14.8. The maximum atomic E-state index is 11.8. The van der Waals surface area contributed by atoms with Crippen LogP contribution in [0.3, 0.4) is 0 Å². The number of rotatable bonds is 2. The standard InChI is InChI=1S/C13H20N4O2S/c1-13(2,3)19-12(18)14-8-5-6-9-10(7-8)15-11(20-4)17-16-9/h8H,5-7H2,1-4H3,(H,14,18). The molecule has 6 nitrogen and oxygen atoms in total. The largest absolute Gasteiger partial charge is 0.444 e. The monoisotopic (exact) mass is 296 g/mol. The highest BCUT2D eigenvalue weighted by Gasteiger charge is 2.25. The molecule has 0 spiro atoms. The molecule has 0 saturated carbocycles. The van der Waals surface area contributed by atoms with Crippen molar-refractivity contribution in [1.29, 1.82) is 0 Å². The van der Waals surface area contributed by atoms with Gasteiger partial charge < -0.3 is 10.1 Å². The van der Waals surface area contributed by atoms with E-state index in [1.165, 1.54) is 11.8 Å². The molecule has 1 N–H and O–H groups in total. The zero-order valence-corrected chi connectivity index (χ0v) is 13.1. The van der Waals surface area contributed by atoms with Crippen LogP contribution in [0.1, 0.15) is 38.6 Å². The molecule has 110 valence electrons. The van der Waals surface area contributed by atoms with Crippen LogP contribution in [0.5, 0.6) is 0 Å². The first kappa shape index (κ1) is 15.0. The minimum atomic E-state index is -0.480. The molecular formula is C13H20N4O2S. The summed E-state index contributed by atoms with van der Waals surface area (Å²) in [7, 11) is 0. The van der Waals surface area contributed by atoms with Crippen LogP contribution in [-0.4, -0.2) is 39.2 Å². The van der Waals surface area contributed by atoms with Crippen LogP contribution in [0, 0.1) is 0 Å². The molecule has 0 bridgehead atoms. The fraction of sp³-hybridized carbons (Fsp3) is 0.692. The van der Waals surface area contributed by atoms with Crippen molar-refractivity contribution in [3.05, 3.63) is 11.4 Å². The lowest BCUT2D eigenvalue weighted by atomic mass is 9.96. The molecule has 0 saturated heterocycles. The zero-order valence-electron chi connectivity index (χ0n) is 12.3. The Balaban J connectivity index is 1.98. The van der Waals surface area contributed by atoms with Crippen LogP contribution in [0.4, 0.5) is 4.79 Å². The van der Waals surface area contributed by atoms with E-state index < -0.39 is 5.60 Å². The average molecular weight is 296 g/mol. The highest BCUT2D eigenvalue weighted by atomic mass is 32.2. The SMILES string of the molecule is CSc1nnc2c(n1)CC(NC(=O)OC(C)(C)C)CC2. The van der Waals surface area contributed by atoms with Crippen molar-refractivity contribution in [3.8, 4) is 0 Å². The normalized spacial score (nSPS) is 18.3. The molecule has 1 aliphatic rings. The van der Waals surface area contributed by atoms with E-state index in [9.17, 15) is 4.79 Å². The van der Waals surface area contributed by atoms with Gasteiger partial charge in [0, 0.05) is 12.5 Å². The number of fused-ring (bicyclic) bond motifs is 1. The third kappa shape index (κ3) is 4.06. The van der Waals surface area contributed by atoms with Gasteiger partial charge in [-0.05, 0) is 39.9 Å². The molecule has 7 heteroatoms. The van der Waals surface area contributed by atoms with Gasteiger partial charge in [0.2, 0.25) is 5.16 Å². The number of hydrogen-bond donors (Lipinski definition) is 1. The summed E-state index contributed by atoms with van der Waals surface area (Å²) < 4.78 is 5.27. The lowest BCUT2D eigenvalue weighted by Crippen LogP contribution is -2.42. The first-order chi connectivity index (χ1) is 9.37. The van der Waals surface area contributed by atoms with Crippen LogP contribution in [0.25, 0.3) is 0 Å².